The van der Waals surface area contributed by atoms with E-state index >= 15 is 0 Å². The average Bonchev–Trinajstić information content (AvgIpc) is 1.94. The van der Waals surface area contributed by atoms with E-state index in [-0.39, 0.29) is 16.7 Å². The maximum Gasteiger partial charge on any atom is 0.155 e. The van der Waals surface area contributed by atoms with Crippen LogP contribution >= 0.6 is 0 Å². The van der Waals surface area contributed by atoms with Crippen molar-refractivity contribution in [2.75, 3.05) is 19.8 Å². The molecule has 2 rings (SSSR count). The zero-order valence-corrected chi connectivity index (χ0v) is 9.43. The Kier molecular flexibility index (Phi) is 1.66. The van der Waals surface area contributed by atoms with E-state index in [1.165, 1.54) is 0 Å². The molecule has 4 heteroatoms. The van der Waals surface area contributed by atoms with Crippen LogP contribution in [0.15, 0.2) is 0 Å². The molecule has 3 nitrogen and oxygen atoms in total. The lowest BCUT2D eigenvalue weighted by atomic mass is 9.57. The van der Waals surface area contributed by atoms with Crippen molar-refractivity contribution in [1.82, 2.24) is 4.90 Å². The minimum absolute atomic E-state index is 0.0718. The molecule has 0 aromatic carbocycles. The lowest BCUT2D eigenvalue weighted by Crippen LogP contribution is -2.77. The SMILES string of the molecule is CN(C)[C@@H]1[C@@H]2[C@H](CS2(=O)=O)C1(C)C. The second-order valence-corrected chi connectivity index (χ2v) is 7.33. The van der Waals surface area contributed by atoms with E-state index in [1.807, 2.05) is 14.1 Å². The lowest BCUT2D eigenvalue weighted by molar-refractivity contribution is -0.0397. The Labute approximate surface area is 80.0 Å². The van der Waals surface area contributed by atoms with Crippen LogP contribution in [0.25, 0.3) is 0 Å². The first-order valence-electron chi connectivity index (χ1n) is 4.66. The molecule has 0 aromatic rings. The van der Waals surface area contributed by atoms with E-state index < -0.39 is 9.84 Å². The van der Waals surface area contributed by atoms with Gasteiger partial charge in [0.1, 0.15) is 0 Å². The Morgan fingerprint density at radius 3 is 2.15 bits per heavy atom. The summed E-state index contributed by atoms with van der Waals surface area (Å²) >= 11 is 0. The third-order valence-corrected chi connectivity index (χ3v) is 6.05. The average molecular weight is 203 g/mol. The quantitative estimate of drug-likeness (QED) is 0.618. The number of rotatable bonds is 1. The molecule has 0 amide bonds. The van der Waals surface area contributed by atoms with Gasteiger partial charge in [-0.2, -0.15) is 0 Å². The molecule has 1 saturated heterocycles. The first-order valence-corrected chi connectivity index (χ1v) is 6.38. The highest BCUT2D eigenvalue weighted by molar-refractivity contribution is 7.93. The maximum atomic E-state index is 11.5. The monoisotopic (exact) mass is 203 g/mol. The van der Waals surface area contributed by atoms with E-state index in [9.17, 15) is 8.42 Å². The van der Waals surface area contributed by atoms with E-state index in [0.717, 1.165) is 0 Å². The van der Waals surface area contributed by atoms with Crippen LogP contribution in [0.4, 0.5) is 0 Å². The summed E-state index contributed by atoms with van der Waals surface area (Å²) in [6.45, 7) is 4.35. The predicted molar refractivity (Wildman–Crippen MR) is 52.3 cm³/mol. The summed E-state index contributed by atoms with van der Waals surface area (Å²) in [5.41, 5.74) is 0.180. The highest BCUT2D eigenvalue weighted by atomic mass is 32.2. The van der Waals surface area contributed by atoms with Crippen LogP contribution in [-0.4, -0.2) is 44.5 Å². The van der Waals surface area contributed by atoms with Crippen LogP contribution in [0.1, 0.15) is 13.8 Å². The van der Waals surface area contributed by atoms with Gasteiger partial charge in [-0.05, 0) is 25.4 Å². The summed E-state index contributed by atoms with van der Waals surface area (Å²) in [6.07, 6.45) is 0. The van der Waals surface area contributed by atoms with E-state index in [4.69, 9.17) is 0 Å². The van der Waals surface area contributed by atoms with E-state index in [1.54, 1.807) is 0 Å². The minimum atomic E-state index is -2.73. The number of nitrogens with zero attached hydrogens (tertiary/aromatic N) is 1. The number of hydrogen-bond donors (Lipinski definition) is 0. The fraction of sp³-hybridized carbons (Fsp3) is 1.00. The van der Waals surface area contributed by atoms with Gasteiger partial charge in [0.05, 0.1) is 11.0 Å². The second kappa shape index (κ2) is 2.28. The Morgan fingerprint density at radius 2 is 1.85 bits per heavy atom. The largest absolute Gasteiger partial charge is 0.305 e. The van der Waals surface area contributed by atoms with Crippen molar-refractivity contribution in [2.24, 2.45) is 11.3 Å². The zero-order valence-electron chi connectivity index (χ0n) is 8.61. The van der Waals surface area contributed by atoms with Gasteiger partial charge in [-0.15, -0.1) is 0 Å². The topological polar surface area (TPSA) is 37.4 Å². The van der Waals surface area contributed by atoms with Crippen LogP contribution in [0, 0.1) is 11.3 Å². The van der Waals surface area contributed by atoms with Gasteiger partial charge in [-0.3, -0.25) is 0 Å². The molecule has 1 aliphatic carbocycles. The molecule has 0 unspecified atom stereocenters. The standard InChI is InChI=1S/C9H17NO2S/c1-9(2)6-5-13(11,12)7(6)8(9)10(3)4/h6-8H,5H2,1-4H3/t6-,7-,8+/m0/s1. The smallest absolute Gasteiger partial charge is 0.155 e. The van der Waals surface area contributed by atoms with Gasteiger partial charge in [-0.25, -0.2) is 8.42 Å². The summed E-state index contributed by atoms with van der Waals surface area (Å²) in [7, 11) is 1.21. The summed E-state index contributed by atoms with van der Waals surface area (Å²) in [5.74, 6) is 0.819. The van der Waals surface area contributed by atoms with Gasteiger partial charge in [0.2, 0.25) is 0 Å². The zero-order chi connectivity index (χ0) is 10.0. The normalized spacial score (nSPS) is 44.8. The van der Waals surface area contributed by atoms with Crippen LogP contribution in [0.3, 0.4) is 0 Å². The van der Waals surface area contributed by atoms with Gasteiger partial charge in [-0.1, -0.05) is 13.8 Å². The van der Waals surface area contributed by atoms with Crippen molar-refractivity contribution in [3.05, 3.63) is 0 Å². The molecule has 2 fully saturated rings. The van der Waals surface area contributed by atoms with Crippen LogP contribution in [0.2, 0.25) is 0 Å². The van der Waals surface area contributed by atoms with Crippen LogP contribution in [-0.2, 0) is 9.84 Å². The highest BCUT2D eigenvalue weighted by Crippen LogP contribution is 2.58. The van der Waals surface area contributed by atoms with Crippen molar-refractivity contribution in [2.45, 2.75) is 25.1 Å². The Balaban J connectivity index is 2.28. The van der Waals surface area contributed by atoms with Gasteiger partial charge >= 0.3 is 0 Å². The van der Waals surface area contributed by atoms with Gasteiger partial charge in [0.25, 0.3) is 0 Å². The molecule has 0 bridgehead atoms. The summed E-state index contributed by atoms with van der Waals surface area (Å²) in [4.78, 5) is 2.05. The fourth-order valence-corrected chi connectivity index (χ4v) is 6.06. The van der Waals surface area contributed by atoms with Gasteiger partial charge < -0.3 is 4.90 Å². The molecule has 1 heterocycles. The van der Waals surface area contributed by atoms with E-state index in [2.05, 4.69) is 18.7 Å². The molecule has 2 aliphatic rings. The van der Waals surface area contributed by atoms with Crippen LogP contribution < -0.4 is 0 Å². The Morgan fingerprint density at radius 1 is 1.31 bits per heavy atom. The van der Waals surface area contributed by atoms with Crippen molar-refractivity contribution in [3.63, 3.8) is 0 Å². The number of sulfone groups is 1. The fourth-order valence-electron chi connectivity index (χ4n) is 3.12. The summed E-state index contributed by atoms with van der Waals surface area (Å²) < 4.78 is 22.9. The maximum absolute atomic E-state index is 11.5. The summed E-state index contributed by atoms with van der Waals surface area (Å²) in [5, 5.41) is -0.0718. The molecular weight excluding hydrogens is 186 g/mol. The first-order chi connectivity index (χ1) is 5.78. The molecule has 0 radical (unpaired) electrons. The van der Waals surface area contributed by atoms with Gasteiger partial charge in [0.15, 0.2) is 9.84 Å². The van der Waals surface area contributed by atoms with Crippen molar-refractivity contribution in [3.8, 4) is 0 Å². The molecular formula is C9H17NO2S. The van der Waals surface area contributed by atoms with Crippen molar-refractivity contribution >= 4 is 9.84 Å². The van der Waals surface area contributed by atoms with Crippen LogP contribution in [0.5, 0.6) is 0 Å². The highest BCUT2D eigenvalue weighted by Gasteiger charge is 2.69. The molecule has 0 aromatic heterocycles. The number of hydrogen-bond acceptors (Lipinski definition) is 3. The second-order valence-electron chi connectivity index (χ2n) is 5.13. The molecule has 0 spiro atoms. The van der Waals surface area contributed by atoms with Crippen molar-refractivity contribution < 1.29 is 8.42 Å². The number of fused-ring (bicyclic) bond motifs is 1. The van der Waals surface area contributed by atoms with E-state index in [0.29, 0.717) is 11.7 Å². The van der Waals surface area contributed by atoms with Crippen molar-refractivity contribution in [1.29, 1.82) is 0 Å². The minimum Gasteiger partial charge on any atom is -0.305 e. The summed E-state index contributed by atoms with van der Waals surface area (Å²) in [6, 6.07) is 0.219. The Bertz CT molecular complexity index is 332. The van der Waals surface area contributed by atoms with Gasteiger partial charge in [0, 0.05) is 6.04 Å². The lowest BCUT2D eigenvalue weighted by Gasteiger charge is -2.65. The Hall–Kier alpha value is -0.0900. The molecule has 1 aliphatic heterocycles. The first kappa shape index (κ1) is 9.46. The molecule has 13 heavy (non-hydrogen) atoms. The predicted octanol–water partition coefficient (Wildman–Crippen LogP) is 0.370. The third-order valence-electron chi connectivity index (χ3n) is 3.81. The third kappa shape index (κ3) is 0.960. The molecule has 0 N–H and O–H groups in total. The molecule has 3 atom stereocenters. The molecule has 1 saturated carbocycles. The molecule has 76 valence electrons.